The van der Waals surface area contributed by atoms with Gasteiger partial charge in [-0.05, 0) is 61.7 Å². The molecule has 1 aliphatic rings. The number of thioether (sulfide) groups is 1. The maximum absolute atomic E-state index is 12.8. The molecule has 3 rings (SSSR count). The summed E-state index contributed by atoms with van der Waals surface area (Å²) in [7, 11) is 1.63. The first-order chi connectivity index (χ1) is 13.4. The molecule has 3 amide bonds. The zero-order valence-corrected chi connectivity index (χ0v) is 17.5. The topological polar surface area (TPSA) is 58.6 Å². The molecule has 0 radical (unpaired) electrons. The van der Waals surface area contributed by atoms with Crippen LogP contribution in [0.4, 0.5) is 4.79 Å². The number of rotatable bonds is 8. The summed E-state index contributed by atoms with van der Waals surface area (Å²) in [6, 6.07) is 14.9. The van der Waals surface area contributed by atoms with Crippen molar-refractivity contribution in [3.63, 3.8) is 0 Å². The van der Waals surface area contributed by atoms with E-state index in [1.807, 2.05) is 48.5 Å². The maximum Gasteiger partial charge on any atom is 0.325 e. The predicted molar refractivity (Wildman–Crippen MR) is 112 cm³/mol. The van der Waals surface area contributed by atoms with Crippen LogP contribution in [-0.4, -0.2) is 41.8 Å². The molecule has 2 aromatic rings. The standard InChI is InChI=1S/C21H23ClN2O3S/c1-21(12-11-15-3-7-17(27-2)8-4-15)19(25)24(20(26)23-21)13-14-28-18-9-5-16(22)6-10-18/h3-10H,11-14H2,1-2H3,(H,23,26)/t21-/m1/s1. The molecule has 7 heteroatoms. The molecule has 0 spiro atoms. The second kappa shape index (κ2) is 8.88. The van der Waals surface area contributed by atoms with E-state index in [9.17, 15) is 9.59 Å². The smallest absolute Gasteiger partial charge is 0.325 e. The number of hydrogen-bond acceptors (Lipinski definition) is 4. The number of amides is 3. The molecular weight excluding hydrogens is 396 g/mol. The number of hydrogen-bond donors (Lipinski definition) is 1. The number of carbonyl (C=O) groups excluding carboxylic acids is 2. The number of halogens is 1. The van der Waals surface area contributed by atoms with Crippen molar-refractivity contribution in [2.24, 2.45) is 0 Å². The number of methoxy groups -OCH3 is 1. The SMILES string of the molecule is COc1ccc(CC[C@@]2(C)NC(=O)N(CCSc3ccc(Cl)cc3)C2=O)cc1. The van der Waals surface area contributed by atoms with Crippen LogP contribution in [0.15, 0.2) is 53.4 Å². The van der Waals surface area contributed by atoms with E-state index in [1.165, 1.54) is 4.90 Å². The monoisotopic (exact) mass is 418 g/mol. The molecular formula is C21H23ClN2O3S. The summed E-state index contributed by atoms with van der Waals surface area (Å²) in [6.45, 7) is 2.17. The molecule has 28 heavy (non-hydrogen) atoms. The first-order valence-corrected chi connectivity index (χ1v) is 10.4. The molecule has 1 fully saturated rings. The highest BCUT2D eigenvalue weighted by molar-refractivity contribution is 7.99. The summed E-state index contributed by atoms with van der Waals surface area (Å²) in [5.74, 6) is 1.27. The zero-order valence-electron chi connectivity index (χ0n) is 15.9. The van der Waals surface area contributed by atoms with Gasteiger partial charge in [-0.25, -0.2) is 4.79 Å². The van der Waals surface area contributed by atoms with Gasteiger partial charge in [0.25, 0.3) is 5.91 Å². The van der Waals surface area contributed by atoms with Gasteiger partial charge in [0.05, 0.1) is 7.11 Å². The Labute approximate surface area is 174 Å². The van der Waals surface area contributed by atoms with E-state index in [1.54, 1.807) is 25.8 Å². The van der Waals surface area contributed by atoms with Crippen molar-refractivity contribution < 1.29 is 14.3 Å². The summed E-state index contributed by atoms with van der Waals surface area (Å²) in [5.41, 5.74) is 0.225. The normalized spacial score (nSPS) is 19.0. The van der Waals surface area contributed by atoms with Crippen LogP contribution < -0.4 is 10.1 Å². The van der Waals surface area contributed by atoms with E-state index < -0.39 is 5.54 Å². The Kier molecular flexibility index (Phi) is 6.52. The molecule has 1 atom stereocenters. The van der Waals surface area contributed by atoms with Crippen LogP contribution in [-0.2, 0) is 11.2 Å². The lowest BCUT2D eigenvalue weighted by atomic mass is 9.93. The fourth-order valence-electron chi connectivity index (χ4n) is 3.09. The molecule has 0 saturated carbocycles. The lowest BCUT2D eigenvalue weighted by Crippen LogP contribution is -2.44. The number of benzene rings is 2. The van der Waals surface area contributed by atoms with Crippen LogP contribution in [0.5, 0.6) is 5.75 Å². The zero-order chi connectivity index (χ0) is 20.1. The van der Waals surface area contributed by atoms with Crippen LogP contribution >= 0.6 is 23.4 Å². The molecule has 0 unspecified atom stereocenters. The number of nitrogens with zero attached hydrogens (tertiary/aromatic N) is 1. The number of ether oxygens (including phenoxy) is 1. The quantitative estimate of drug-likeness (QED) is 0.510. The number of urea groups is 1. The van der Waals surface area contributed by atoms with E-state index in [0.29, 0.717) is 30.2 Å². The molecule has 2 aromatic carbocycles. The summed E-state index contributed by atoms with van der Waals surface area (Å²) >= 11 is 7.48. The number of aryl methyl sites for hydroxylation is 1. The van der Waals surface area contributed by atoms with Gasteiger partial charge in [-0.15, -0.1) is 11.8 Å². The van der Waals surface area contributed by atoms with Crippen molar-refractivity contribution >= 4 is 35.3 Å². The Morgan fingerprint density at radius 1 is 1.11 bits per heavy atom. The van der Waals surface area contributed by atoms with Crippen molar-refractivity contribution in [1.82, 2.24) is 10.2 Å². The maximum atomic E-state index is 12.8. The third-order valence-corrected chi connectivity index (χ3v) is 6.06. The van der Waals surface area contributed by atoms with Gasteiger partial charge < -0.3 is 10.1 Å². The van der Waals surface area contributed by atoms with Gasteiger partial charge in [0, 0.05) is 22.2 Å². The second-order valence-electron chi connectivity index (χ2n) is 6.87. The average molecular weight is 419 g/mol. The van der Waals surface area contributed by atoms with Gasteiger partial charge in [-0.2, -0.15) is 0 Å². The molecule has 5 nitrogen and oxygen atoms in total. The average Bonchev–Trinajstić information content (AvgIpc) is 2.91. The lowest BCUT2D eigenvalue weighted by molar-refractivity contribution is -0.130. The first-order valence-electron chi connectivity index (χ1n) is 9.07. The Balaban J connectivity index is 1.54. The minimum Gasteiger partial charge on any atom is -0.497 e. The third kappa shape index (κ3) is 4.80. The highest BCUT2D eigenvalue weighted by Gasteiger charge is 2.46. The fraction of sp³-hybridized carbons (Fsp3) is 0.333. The lowest BCUT2D eigenvalue weighted by Gasteiger charge is -2.21. The van der Waals surface area contributed by atoms with Gasteiger partial charge in [0.15, 0.2) is 0 Å². The van der Waals surface area contributed by atoms with Crippen molar-refractivity contribution in [3.8, 4) is 5.75 Å². The van der Waals surface area contributed by atoms with Gasteiger partial charge in [-0.1, -0.05) is 23.7 Å². The van der Waals surface area contributed by atoms with Crippen LogP contribution in [0.25, 0.3) is 0 Å². The summed E-state index contributed by atoms with van der Waals surface area (Å²) in [6.07, 6.45) is 1.24. The first kappa shape index (κ1) is 20.6. The molecule has 0 aromatic heterocycles. The van der Waals surface area contributed by atoms with Crippen molar-refractivity contribution in [2.45, 2.75) is 30.2 Å². The van der Waals surface area contributed by atoms with Crippen molar-refractivity contribution in [3.05, 3.63) is 59.1 Å². The van der Waals surface area contributed by atoms with E-state index in [0.717, 1.165) is 16.2 Å². The Morgan fingerprint density at radius 2 is 1.79 bits per heavy atom. The predicted octanol–water partition coefficient (Wildman–Crippen LogP) is 4.38. The Bertz CT molecular complexity index is 842. The van der Waals surface area contributed by atoms with Gasteiger partial charge in [0.1, 0.15) is 11.3 Å². The highest BCUT2D eigenvalue weighted by Crippen LogP contribution is 2.26. The fourth-order valence-corrected chi connectivity index (χ4v) is 4.06. The minimum atomic E-state index is -0.873. The summed E-state index contributed by atoms with van der Waals surface area (Å²) in [4.78, 5) is 27.5. The second-order valence-corrected chi connectivity index (χ2v) is 8.47. The van der Waals surface area contributed by atoms with Gasteiger partial charge in [-0.3, -0.25) is 9.69 Å². The van der Waals surface area contributed by atoms with Crippen LogP contribution in [0, 0.1) is 0 Å². The molecule has 1 N–H and O–H groups in total. The van der Waals surface area contributed by atoms with Crippen molar-refractivity contribution in [2.75, 3.05) is 19.4 Å². The van der Waals surface area contributed by atoms with Crippen LogP contribution in [0.3, 0.4) is 0 Å². The molecule has 1 heterocycles. The van der Waals surface area contributed by atoms with Crippen LogP contribution in [0.1, 0.15) is 18.9 Å². The summed E-state index contributed by atoms with van der Waals surface area (Å²) in [5, 5.41) is 3.55. The highest BCUT2D eigenvalue weighted by atomic mass is 35.5. The number of nitrogens with one attached hydrogen (secondary N) is 1. The third-order valence-electron chi connectivity index (χ3n) is 4.82. The van der Waals surface area contributed by atoms with E-state index >= 15 is 0 Å². The van der Waals surface area contributed by atoms with E-state index in [4.69, 9.17) is 16.3 Å². The largest absolute Gasteiger partial charge is 0.497 e. The molecule has 1 saturated heterocycles. The molecule has 1 aliphatic heterocycles. The van der Waals surface area contributed by atoms with Crippen molar-refractivity contribution in [1.29, 1.82) is 0 Å². The molecule has 0 bridgehead atoms. The molecule has 148 valence electrons. The Hall–Kier alpha value is -2.18. The number of imide groups is 1. The van der Waals surface area contributed by atoms with Gasteiger partial charge >= 0.3 is 6.03 Å². The van der Waals surface area contributed by atoms with Crippen LogP contribution in [0.2, 0.25) is 5.02 Å². The molecule has 0 aliphatic carbocycles. The minimum absolute atomic E-state index is 0.164. The number of carbonyl (C=O) groups is 2. The van der Waals surface area contributed by atoms with E-state index in [-0.39, 0.29) is 11.9 Å². The van der Waals surface area contributed by atoms with E-state index in [2.05, 4.69) is 5.32 Å². The van der Waals surface area contributed by atoms with Gasteiger partial charge in [0.2, 0.25) is 0 Å². The summed E-state index contributed by atoms with van der Waals surface area (Å²) < 4.78 is 5.16. The Morgan fingerprint density at radius 3 is 2.43 bits per heavy atom.